The summed E-state index contributed by atoms with van der Waals surface area (Å²) < 4.78 is 4.06. The standard InChI is InChI=1S/C12H20N6/c1-9(2)14-6-11-5-13-7-18(11)10(3)12-16-15-8-17(12)4/h5,7-10,14H,6H2,1-4H3. The molecule has 18 heavy (non-hydrogen) atoms. The molecule has 1 unspecified atom stereocenters. The van der Waals surface area contributed by atoms with E-state index in [1.165, 1.54) is 0 Å². The Morgan fingerprint density at radius 1 is 1.28 bits per heavy atom. The van der Waals surface area contributed by atoms with Crippen LogP contribution in [-0.2, 0) is 13.6 Å². The van der Waals surface area contributed by atoms with Crippen molar-refractivity contribution in [3.05, 3.63) is 30.4 Å². The van der Waals surface area contributed by atoms with Gasteiger partial charge in [-0.1, -0.05) is 13.8 Å². The van der Waals surface area contributed by atoms with E-state index in [-0.39, 0.29) is 6.04 Å². The van der Waals surface area contributed by atoms with Gasteiger partial charge in [0.1, 0.15) is 6.33 Å². The molecular formula is C12H20N6. The second-order valence-electron chi connectivity index (χ2n) is 4.80. The van der Waals surface area contributed by atoms with E-state index in [1.807, 2.05) is 24.1 Å². The van der Waals surface area contributed by atoms with Crippen molar-refractivity contribution in [3.63, 3.8) is 0 Å². The maximum Gasteiger partial charge on any atom is 0.155 e. The number of hydrogen-bond donors (Lipinski definition) is 1. The van der Waals surface area contributed by atoms with Crippen LogP contribution >= 0.6 is 0 Å². The lowest BCUT2D eigenvalue weighted by Crippen LogP contribution is -2.24. The van der Waals surface area contributed by atoms with Gasteiger partial charge in [-0.25, -0.2) is 4.98 Å². The molecule has 2 aromatic heterocycles. The van der Waals surface area contributed by atoms with Gasteiger partial charge in [-0.3, -0.25) is 0 Å². The van der Waals surface area contributed by atoms with Gasteiger partial charge in [-0.05, 0) is 6.92 Å². The largest absolute Gasteiger partial charge is 0.323 e. The SMILES string of the molecule is CC(C)NCc1cncn1C(C)c1nncn1C. The fourth-order valence-corrected chi connectivity index (χ4v) is 1.92. The number of aromatic nitrogens is 5. The topological polar surface area (TPSA) is 60.6 Å². The Morgan fingerprint density at radius 2 is 2.06 bits per heavy atom. The molecule has 2 rings (SSSR count). The number of hydrogen-bond acceptors (Lipinski definition) is 4. The average Bonchev–Trinajstić information content (AvgIpc) is 2.93. The summed E-state index contributed by atoms with van der Waals surface area (Å²) in [5.41, 5.74) is 1.15. The fourth-order valence-electron chi connectivity index (χ4n) is 1.92. The molecule has 98 valence electrons. The number of aryl methyl sites for hydroxylation is 1. The summed E-state index contributed by atoms with van der Waals surface area (Å²) >= 11 is 0. The second-order valence-corrected chi connectivity index (χ2v) is 4.80. The van der Waals surface area contributed by atoms with Crippen molar-refractivity contribution in [2.24, 2.45) is 7.05 Å². The van der Waals surface area contributed by atoms with E-state index in [9.17, 15) is 0 Å². The highest BCUT2D eigenvalue weighted by molar-refractivity contribution is 5.05. The Morgan fingerprint density at radius 3 is 2.67 bits per heavy atom. The van der Waals surface area contributed by atoms with Crippen molar-refractivity contribution in [2.45, 2.75) is 39.4 Å². The monoisotopic (exact) mass is 248 g/mol. The lowest BCUT2D eigenvalue weighted by atomic mass is 10.3. The molecular weight excluding hydrogens is 228 g/mol. The molecule has 6 nitrogen and oxygen atoms in total. The fraction of sp³-hybridized carbons (Fsp3) is 0.583. The smallest absolute Gasteiger partial charge is 0.155 e. The van der Waals surface area contributed by atoms with Gasteiger partial charge in [0.05, 0.1) is 18.1 Å². The van der Waals surface area contributed by atoms with E-state index >= 15 is 0 Å². The lowest BCUT2D eigenvalue weighted by molar-refractivity contribution is 0.517. The third-order valence-electron chi connectivity index (χ3n) is 2.98. The number of rotatable bonds is 5. The number of nitrogens with one attached hydrogen (secondary N) is 1. The Kier molecular flexibility index (Phi) is 3.76. The molecule has 0 bridgehead atoms. The highest BCUT2D eigenvalue weighted by Gasteiger charge is 2.16. The summed E-state index contributed by atoms with van der Waals surface area (Å²) in [6, 6.07) is 0.586. The molecule has 6 heteroatoms. The molecule has 1 atom stereocenters. The van der Waals surface area contributed by atoms with E-state index in [1.54, 1.807) is 6.33 Å². The van der Waals surface area contributed by atoms with E-state index in [4.69, 9.17) is 0 Å². The first-order valence-corrected chi connectivity index (χ1v) is 6.17. The zero-order chi connectivity index (χ0) is 13.1. The van der Waals surface area contributed by atoms with Crippen LogP contribution in [0.25, 0.3) is 0 Å². The third-order valence-corrected chi connectivity index (χ3v) is 2.98. The van der Waals surface area contributed by atoms with Crippen molar-refractivity contribution >= 4 is 0 Å². The quantitative estimate of drug-likeness (QED) is 0.861. The second kappa shape index (κ2) is 5.30. The summed E-state index contributed by atoms with van der Waals surface area (Å²) in [7, 11) is 1.95. The molecule has 0 amide bonds. The normalized spacial score (nSPS) is 13.2. The van der Waals surface area contributed by atoms with Crippen LogP contribution in [0.1, 0.15) is 38.3 Å². The van der Waals surface area contributed by atoms with Crippen LogP contribution in [0, 0.1) is 0 Å². The van der Waals surface area contributed by atoms with E-state index in [0.717, 1.165) is 18.1 Å². The summed E-state index contributed by atoms with van der Waals surface area (Å²) in [5, 5.41) is 11.5. The molecule has 0 radical (unpaired) electrons. The number of nitrogens with zero attached hydrogens (tertiary/aromatic N) is 5. The van der Waals surface area contributed by atoms with Crippen molar-refractivity contribution in [2.75, 3.05) is 0 Å². The molecule has 2 heterocycles. The average molecular weight is 248 g/mol. The summed E-state index contributed by atoms with van der Waals surface area (Å²) in [6.45, 7) is 7.17. The van der Waals surface area contributed by atoms with Crippen molar-refractivity contribution in [3.8, 4) is 0 Å². The van der Waals surface area contributed by atoms with E-state index < -0.39 is 0 Å². The van der Waals surface area contributed by atoms with Gasteiger partial charge in [0.15, 0.2) is 5.82 Å². The van der Waals surface area contributed by atoms with Crippen molar-refractivity contribution in [1.82, 2.24) is 29.6 Å². The van der Waals surface area contributed by atoms with E-state index in [2.05, 4.69) is 45.8 Å². The molecule has 1 N–H and O–H groups in total. The van der Waals surface area contributed by atoms with Crippen LogP contribution in [0.5, 0.6) is 0 Å². The first kappa shape index (κ1) is 12.8. The Hall–Kier alpha value is -1.69. The minimum absolute atomic E-state index is 0.129. The van der Waals surface area contributed by atoms with Gasteiger partial charge in [-0.15, -0.1) is 10.2 Å². The molecule has 0 saturated carbocycles. The number of imidazole rings is 1. The molecule has 0 spiro atoms. The molecule has 0 aromatic carbocycles. The van der Waals surface area contributed by atoms with Crippen LogP contribution in [0.2, 0.25) is 0 Å². The Labute approximate surface area is 107 Å². The Bertz CT molecular complexity index is 498. The maximum absolute atomic E-state index is 4.23. The van der Waals surface area contributed by atoms with Crippen LogP contribution in [0.15, 0.2) is 18.9 Å². The molecule has 0 saturated heterocycles. The van der Waals surface area contributed by atoms with Gasteiger partial charge in [0, 0.05) is 25.8 Å². The predicted molar refractivity (Wildman–Crippen MR) is 69.0 cm³/mol. The first-order valence-electron chi connectivity index (χ1n) is 6.17. The Balaban J connectivity index is 2.18. The summed E-state index contributed by atoms with van der Waals surface area (Å²) in [6.07, 6.45) is 5.45. The van der Waals surface area contributed by atoms with Crippen LogP contribution in [-0.4, -0.2) is 30.4 Å². The van der Waals surface area contributed by atoms with Crippen molar-refractivity contribution in [1.29, 1.82) is 0 Å². The van der Waals surface area contributed by atoms with Crippen LogP contribution < -0.4 is 5.32 Å². The molecule has 0 aliphatic heterocycles. The molecule has 0 fully saturated rings. The van der Waals surface area contributed by atoms with Gasteiger partial charge in [0.2, 0.25) is 0 Å². The predicted octanol–water partition coefficient (Wildman–Crippen LogP) is 1.12. The summed E-state index contributed by atoms with van der Waals surface area (Å²) in [4.78, 5) is 4.23. The van der Waals surface area contributed by atoms with Gasteiger partial charge < -0.3 is 14.5 Å². The highest BCUT2D eigenvalue weighted by Crippen LogP contribution is 2.16. The lowest BCUT2D eigenvalue weighted by Gasteiger charge is -2.16. The minimum Gasteiger partial charge on any atom is -0.323 e. The van der Waals surface area contributed by atoms with Crippen LogP contribution in [0.3, 0.4) is 0 Å². The molecule has 0 aliphatic carbocycles. The first-order chi connectivity index (χ1) is 8.59. The highest BCUT2D eigenvalue weighted by atomic mass is 15.3. The molecule has 2 aromatic rings. The van der Waals surface area contributed by atoms with Gasteiger partial charge in [0.25, 0.3) is 0 Å². The van der Waals surface area contributed by atoms with Crippen LogP contribution in [0.4, 0.5) is 0 Å². The third kappa shape index (κ3) is 2.59. The van der Waals surface area contributed by atoms with Gasteiger partial charge >= 0.3 is 0 Å². The zero-order valence-corrected chi connectivity index (χ0v) is 11.3. The minimum atomic E-state index is 0.129. The maximum atomic E-state index is 4.23. The molecule has 0 aliphatic rings. The summed E-state index contributed by atoms with van der Waals surface area (Å²) in [5.74, 6) is 0.929. The zero-order valence-electron chi connectivity index (χ0n) is 11.3. The van der Waals surface area contributed by atoms with Crippen molar-refractivity contribution < 1.29 is 0 Å². The van der Waals surface area contributed by atoms with Gasteiger partial charge in [-0.2, -0.15) is 0 Å². The van der Waals surface area contributed by atoms with E-state index in [0.29, 0.717) is 6.04 Å².